The first-order chi connectivity index (χ1) is 14.1. The first kappa shape index (κ1) is 20.7. The fourth-order valence-corrected chi connectivity index (χ4v) is 3.63. The van der Waals surface area contributed by atoms with Gasteiger partial charge in [-0.1, -0.05) is 54.7 Å². The van der Waals surface area contributed by atoms with Gasteiger partial charge >= 0.3 is 0 Å². The van der Waals surface area contributed by atoms with Gasteiger partial charge in [0.05, 0.1) is 0 Å². The average Bonchev–Trinajstić information content (AvgIpc) is 3.16. The standard InChI is InChI=1S/C22H24N4O2S/c1-2-8-19(27)23-18-13-7-12-17(15-18)21(28)24-22-26-25-20(29-22)14-6-11-16-9-4-3-5-10-16/h3-5,7,9-10,12-13,15H,2,6,8,11,14H2,1H3,(H,23,27)(H,24,26,28). The summed E-state index contributed by atoms with van der Waals surface area (Å²) in [7, 11) is 0. The molecule has 29 heavy (non-hydrogen) atoms. The van der Waals surface area contributed by atoms with Crippen molar-refractivity contribution in [1.29, 1.82) is 0 Å². The summed E-state index contributed by atoms with van der Waals surface area (Å²) in [5.41, 5.74) is 2.37. The molecule has 2 amide bonds. The molecule has 0 unspecified atom stereocenters. The van der Waals surface area contributed by atoms with Gasteiger partial charge < -0.3 is 5.32 Å². The van der Waals surface area contributed by atoms with Crippen LogP contribution in [0.2, 0.25) is 0 Å². The topological polar surface area (TPSA) is 84.0 Å². The predicted octanol–water partition coefficient (Wildman–Crippen LogP) is 4.70. The third kappa shape index (κ3) is 6.50. The van der Waals surface area contributed by atoms with Gasteiger partial charge in [0.25, 0.3) is 5.91 Å². The van der Waals surface area contributed by atoms with Crippen molar-refractivity contribution in [2.24, 2.45) is 0 Å². The molecule has 0 atom stereocenters. The van der Waals surface area contributed by atoms with Crippen LogP contribution in [0.1, 0.15) is 47.1 Å². The van der Waals surface area contributed by atoms with Crippen LogP contribution >= 0.6 is 11.3 Å². The molecule has 0 aliphatic rings. The van der Waals surface area contributed by atoms with Crippen molar-refractivity contribution in [3.05, 3.63) is 70.7 Å². The first-order valence-corrected chi connectivity index (χ1v) is 10.5. The lowest BCUT2D eigenvalue weighted by atomic mass is 10.1. The maximum absolute atomic E-state index is 12.5. The van der Waals surface area contributed by atoms with Crippen LogP contribution in [0, 0.1) is 0 Å². The Morgan fingerprint density at radius 3 is 2.59 bits per heavy atom. The van der Waals surface area contributed by atoms with E-state index in [9.17, 15) is 9.59 Å². The van der Waals surface area contributed by atoms with Gasteiger partial charge in [-0.2, -0.15) is 0 Å². The van der Waals surface area contributed by atoms with Gasteiger partial charge in [0, 0.05) is 24.1 Å². The highest BCUT2D eigenvalue weighted by molar-refractivity contribution is 7.15. The van der Waals surface area contributed by atoms with Gasteiger partial charge in [-0.05, 0) is 43.0 Å². The zero-order valence-electron chi connectivity index (χ0n) is 16.4. The number of nitrogens with zero attached hydrogens (tertiary/aromatic N) is 2. The van der Waals surface area contributed by atoms with E-state index in [-0.39, 0.29) is 11.8 Å². The Balaban J connectivity index is 1.52. The second-order valence-corrected chi connectivity index (χ2v) is 7.74. The lowest BCUT2D eigenvalue weighted by molar-refractivity contribution is -0.116. The Morgan fingerprint density at radius 1 is 0.966 bits per heavy atom. The van der Waals surface area contributed by atoms with E-state index in [1.165, 1.54) is 16.9 Å². The van der Waals surface area contributed by atoms with Gasteiger partial charge in [0.2, 0.25) is 11.0 Å². The summed E-state index contributed by atoms with van der Waals surface area (Å²) in [4.78, 5) is 24.2. The van der Waals surface area contributed by atoms with Crippen LogP contribution in [0.25, 0.3) is 0 Å². The summed E-state index contributed by atoms with van der Waals surface area (Å²) in [5, 5.41) is 15.2. The molecule has 0 saturated carbocycles. The summed E-state index contributed by atoms with van der Waals surface area (Å²) in [6.07, 6.45) is 4.01. The van der Waals surface area contributed by atoms with E-state index in [4.69, 9.17) is 0 Å². The largest absolute Gasteiger partial charge is 0.326 e. The molecule has 6 nitrogen and oxygen atoms in total. The number of carbonyl (C=O) groups is 2. The quantitative estimate of drug-likeness (QED) is 0.537. The Labute approximate surface area is 174 Å². The molecule has 0 bridgehead atoms. The molecule has 0 saturated heterocycles. The van der Waals surface area contributed by atoms with E-state index in [0.717, 1.165) is 30.7 Å². The fraction of sp³-hybridized carbons (Fsp3) is 0.273. The Kier molecular flexibility index (Phi) is 7.47. The zero-order valence-corrected chi connectivity index (χ0v) is 17.2. The summed E-state index contributed by atoms with van der Waals surface area (Å²) in [5.74, 6) is -0.335. The van der Waals surface area contributed by atoms with Crippen LogP contribution in [0.4, 0.5) is 10.8 Å². The van der Waals surface area contributed by atoms with Crippen LogP contribution in [0.15, 0.2) is 54.6 Å². The number of anilines is 2. The first-order valence-electron chi connectivity index (χ1n) is 9.71. The van der Waals surface area contributed by atoms with Crippen LogP contribution in [-0.4, -0.2) is 22.0 Å². The molecular formula is C22H24N4O2S. The normalized spacial score (nSPS) is 10.5. The second-order valence-electron chi connectivity index (χ2n) is 6.67. The van der Waals surface area contributed by atoms with Crippen LogP contribution in [-0.2, 0) is 17.6 Å². The van der Waals surface area contributed by atoms with Gasteiger partial charge in [-0.15, -0.1) is 10.2 Å². The van der Waals surface area contributed by atoms with E-state index in [2.05, 4.69) is 33.0 Å². The number of nitrogens with one attached hydrogen (secondary N) is 2. The van der Waals surface area contributed by atoms with E-state index in [1.807, 2.05) is 25.1 Å². The van der Waals surface area contributed by atoms with E-state index >= 15 is 0 Å². The molecule has 7 heteroatoms. The molecule has 0 radical (unpaired) electrons. The lowest BCUT2D eigenvalue weighted by Crippen LogP contribution is -2.14. The molecule has 3 rings (SSSR count). The minimum atomic E-state index is -0.274. The van der Waals surface area contributed by atoms with Crippen LogP contribution in [0.5, 0.6) is 0 Å². The van der Waals surface area contributed by atoms with Crippen LogP contribution in [0.3, 0.4) is 0 Å². The van der Waals surface area contributed by atoms with E-state index in [0.29, 0.717) is 22.8 Å². The minimum absolute atomic E-state index is 0.0608. The molecule has 1 aromatic heterocycles. The van der Waals surface area contributed by atoms with Gasteiger partial charge in [-0.25, -0.2) is 0 Å². The number of benzene rings is 2. The maximum atomic E-state index is 12.5. The second kappa shape index (κ2) is 10.5. The summed E-state index contributed by atoms with van der Waals surface area (Å²) < 4.78 is 0. The molecule has 2 aromatic carbocycles. The van der Waals surface area contributed by atoms with Crippen molar-refractivity contribution >= 4 is 34.0 Å². The maximum Gasteiger partial charge on any atom is 0.257 e. The fourth-order valence-electron chi connectivity index (χ4n) is 2.85. The highest BCUT2D eigenvalue weighted by Crippen LogP contribution is 2.19. The van der Waals surface area contributed by atoms with Gasteiger partial charge in [-0.3, -0.25) is 14.9 Å². The van der Waals surface area contributed by atoms with Crippen molar-refractivity contribution in [3.8, 4) is 0 Å². The number of hydrogen-bond acceptors (Lipinski definition) is 5. The average molecular weight is 409 g/mol. The molecule has 0 spiro atoms. The monoisotopic (exact) mass is 408 g/mol. The molecule has 0 aliphatic carbocycles. The number of aryl methyl sites for hydroxylation is 2. The summed E-state index contributed by atoms with van der Waals surface area (Å²) >= 11 is 1.39. The molecule has 0 fully saturated rings. The highest BCUT2D eigenvalue weighted by atomic mass is 32.1. The molecule has 1 heterocycles. The Bertz CT molecular complexity index is 956. The number of rotatable bonds is 9. The van der Waals surface area contributed by atoms with Crippen molar-refractivity contribution in [2.45, 2.75) is 39.0 Å². The molecule has 3 aromatic rings. The Morgan fingerprint density at radius 2 is 1.79 bits per heavy atom. The molecule has 0 aliphatic heterocycles. The van der Waals surface area contributed by atoms with E-state index < -0.39 is 0 Å². The van der Waals surface area contributed by atoms with Crippen molar-refractivity contribution in [3.63, 3.8) is 0 Å². The molecule has 2 N–H and O–H groups in total. The summed E-state index contributed by atoms with van der Waals surface area (Å²) in [6.45, 7) is 1.95. The molecular weight excluding hydrogens is 384 g/mol. The van der Waals surface area contributed by atoms with E-state index in [1.54, 1.807) is 24.3 Å². The lowest BCUT2D eigenvalue weighted by Gasteiger charge is -2.06. The number of amides is 2. The Hall–Kier alpha value is -3.06. The summed E-state index contributed by atoms with van der Waals surface area (Å²) in [6, 6.07) is 17.2. The third-order valence-electron chi connectivity index (χ3n) is 4.27. The predicted molar refractivity (Wildman–Crippen MR) is 116 cm³/mol. The number of hydrogen-bond donors (Lipinski definition) is 2. The van der Waals surface area contributed by atoms with Crippen molar-refractivity contribution < 1.29 is 9.59 Å². The van der Waals surface area contributed by atoms with Crippen LogP contribution < -0.4 is 10.6 Å². The minimum Gasteiger partial charge on any atom is -0.326 e. The number of carbonyl (C=O) groups excluding carboxylic acids is 2. The smallest absolute Gasteiger partial charge is 0.257 e. The highest BCUT2D eigenvalue weighted by Gasteiger charge is 2.11. The van der Waals surface area contributed by atoms with Gasteiger partial charge in [0.15, 0.2) is 0 Å². The SMILES string of the molecule is CCCC(=O)Nc1cccc(C(=O)Nc2nnc(CCCc3ccccc3)s2)c1. The zero-order chi connectivity index (χ0) is 20.5. The number of aromatic nitrogens is 2. The third-order valence-corrected chi connectivity index (χ3v) is 5.17. The molecule has 150 valence electrons. The van der Waals surface area contributed by atoms with Crippen molar-refractivity contribution in [1.82, 2.24) is 10.2 Å². The van der Waals surface area contributed by atoms with Gasteiger partial charge in [0.1, 0.15) is 5.01 Å². The van der Waals surface area contributed by atoms with Crippen molar-refractivity contribution in [2.75, 3.05) is 10.6 Å².